The van der Waals surface area contributed by atoms with E-state index < -0.39 is 0 Å². The van der Waals surface area contributed by atoms with E-state index in [1.807, 2.05) is 0 Å². The fraction of sp³-hybridized carbons (Fsp3) is 1.00. The van der Waals surface area contributed by atoms with E-state index >= 15 is 0 Å². The van der Waals surface area contributed by atoms with E-state index in [4.69, 9.17) is 4.74 Å². The predicted octanol–water partition coefficient (Wildman–Crippen LogP) is -1.25. The second-order valence-electron chi connectivity index (χ2n) is 1.69. The first kappa shape index (κ1) is 5.03. The maximum absolute atomic E-state index is 10.3. The third kappa shape index (κ3) is 1.43. The Kier molecular flexibility index (Phi) is 1.62. The Morgan fingerprint density at radius 2 is 2.43 bits per heavy atom. The molecule has 1 saturated heterocycles. The van der Waals surface area contributed by atoms with Crippen LogP contribution in [0.5, 0.6) is 0 Å². The molecule has 1 rings (SSSR count). The van der Waals surface area contributed by atoms with Crippen LogP contribution >= 0.6 is 0 Å². The lowest BCUT2D eigenvalue weighted by Crippen LogP contribution is -3.08. The average molecular weight is 103 g/mol. The minimum absolute atomic E-state index is 0.242. The highest BCUT2D eigenvalue weighted by Crippen LogP contribution is 1.79. The fourth-order valence-corrected chi connectivity index (χ4v) is 0.630. The number of ether oxygens (including phenoxy) is 1. The van der Waals surface area contributed by atoms with Gasteiger partial charge in [0.2, 0.25) is 0 Å². The molecule has 1 unspecified atom stereocenters. The normalized spacial score (nSPS) is 33.0. The molecule has 0 radical (unpaired) electrons. The monoisotopic (exact) mass is 103 g/mol. The van der Waals surface area contributed by atoms with Gasteiger partial charge in [-0.25, -0.2) is 0 Å². The number of hydrogen-bond donors (Lipinski definition) is 1. The Hall–Kier alpha value is -0.120. The molecule has 1 fully saturated rings. The van der Waals surface area contributed by atoms with E-state index in [0.29, 0.717) is 6.73 Å². The van der Waals surface area contributed by atoms with Crippen LogP contribution in [-0.4, -0.2) is 19.9 Å². The van der Waals surface area contributed by atoms with Crippen LogP contribution < -0.4 is 5.06 Å². The first-order valence-corrected chi connectivity index (χ1v) is 2.49. The Bertz CT molecular complexity index is 51.7. The van der Waals surface area contributed by atoms with Crippen LogP contribution in [0.25, 0.3) is 0 Å². The minimum atomic E-state index is 0.242. The summed E-state index contributed by atoms with van der Waals surface area (Å²) in [6, 6.07) is 0. The van der Waals surface area contributed by atoms with Crippen molar-refractivity contribution in [2.45, 2.75) is 6.42 Å². The minimum Gasteiger partial charge on any atom is -0.633 e. The molecule has 0 aromatic carbocycles. The summed E-state index contributed by atoms with van der Waals surface area (Å²) in [6.45, 7) is 1.84. The number of nitrogens with one attached hydrogen (secondary N) is 1. The predicted molar refractivity (Wildman–Crippen MR) is 24.6 cm³/mol. The zero-order valence-electron chi connectivity index (χ0n) is 4.14. The van der Waals surface area contributed by atoms with Gasteiger partial charge in [-0.2, -0.15) is 0 Å². The Morgan fingerprint density at radius 3 is 2.71 bits per heavy atom. The third-order valence-electron chi connectivity index (χ3n) is 1.01. The average Bonchev–Trinajstić information content (AvgIpc) is 1.69. The van der Waals surface area contributed by atoms with Crippen molar-refractivity contribution < 1.29 is 9.80 Å². The van der Waals surface area contributed by atoms with E-state index in [0.717, 1.165) is 19.6 Å². The van der Waals surface area contributed by atoms with Crippen LogP contribution in [0.2, 0.25) is 0 Å². The van der Waals surface area contributed by atoms with Gasteiger partial charge in [0.05, 0.1) is 13.2 Å². The molecule has 3 heteroatoms. The van der Waals surface area contributed by atoms with Gasteiger partial charge in [-0.15, -0.1) is 0 Å². The molecule has 1 atom stereocenters. The first-order chi connectivity index (χ1) is 3.39. The second-order valence-corrected chi connectivity index (χ2v) is 1.69. The maximum atomic E-state index is 10.3. The smallest absolute Gasteiger partial charge is 0.181 e. The molecule has 1 N–H and O–H groups in total. The largest absolute Gasteiger partial charge is 0.633 e. The molecule has 0 aromatic rings. The molecule has 42 valence electrons. The summed E-state index contributed by atoms with van der Waals surface area (Å²) < 4.78 is 4.83. The summed E-state index contributed by atoms with van der Waals surface area (Å²) in [5, 5.41) is 10.6. The molecule has 1 heterocycles. The summed E-state index contributed by atoms with van der Waals surface area (Å²) in [6.07, 6.45) is 0.916. The van der Waals surface area contributed by atoms with E-state index in [1.165, 1.54) is 0 Å². The summed E-state index contributed by atoms with van der Waals surface area (Å²) >= 11 is 0. The Labute approximate surface area is 42.4 Å². The number of hydrogen-bond acceptors (Lipinski definition) is 2. The number of hydroxylamine groups is 2. The SMILES string of the molecule is [O-][NH+]1CCCOC1. The Balaban J connectivity index is 2.12. The molecule has 1 aliphatic heterocycles. The van der Waals surface area contributed by atoms with Crippen LogP contribution in [-0.2, 0) is 4.74 Å². The zero-order valence-corrected chi connectivity index (χ0v) is 4.14. The van der Waals surface area contributed by atoms with Crippen molar-refractivity contribution in [2.24, 2.45) is 0 Å². The van der Waals surface area contributed by atoms with E-state index in [1.54, 1.807) is 0 Å². The molecule has 1 aliphatic rings. The highest BCUT2D eigenvalue weighted by molar-refractivity contribution is 4.34. The lowest BCUT2D eigenvalue weighted by molar-refractivity contribution is -0.878. The van der Waals surface area contributed by atoms with Crippen molar-refractivity contribution in [1.29, 1.82) is 0 Å². The second kappa shape index (κ2) is 2.26. The van der Waals surface area contributed by atoms with E-state index in [2.05, 4.69) is 0 Å². The van der Waals surface area contributed by atoms with Crippen molar-refractivity contribution in [1.82, 2.24) is 0 Å². The molecule has 0 saturated carbocycles. The zero-order chi connectivity index (χ0) is 5.11. The van der Waals surface area contributed by atoms with Gasteiger partial charge in [-0.3, -0.25) is 0 Å². The molecule has 0 aromatic heterocycles. The van der Waals surface area contributed by atoms with Crippen molar-refractivity contribution >= 4 is 0 Å². The van der Waals surface area contributed by atoms with Gasteiger partial charge in [0.15, 0.2) is 6.73 Å². The molecular weight excluding hydrogens is 94.0 g/mol. The maximum Gasteiger partial charge on any atom is 0.181 e. The van der Waals surface area contributed by atoms with Crippen LogP contribution in [0, 0.1) is 5.21 Å². The standard InChI is InChI=1S/C4H9NO2/c6-5-2-1-3-7-4-5/h5H,1-4H2. The lowest BCUT2D eigenvalue weighted by Gasteiger charge is -2.25. The summed E-state index contributed by atoms with van der Waals surface area (Å²) in [4.78, 5) is 0. The molecular formula is C4H9NO2. The summed E-state index contributed by atoms with van der Waals surface area (Å²) in [7, 11) is 0. The van der Waals surface area contributed by atoms with E-state index in [9.17, 15) is 5.21 Å². The molecule has 0 bridgehead atoms. The lowest BCUT2D eigenvalue weighted by atomic mass is 10.4. The number of quaternary nitrogens is 1. The first-order valence-electron chi connectivity index (χ1n) is 2.49. The van der Waals surface area contributed by atoms with Crippen LogP contribution in [0.1, 0.15) is 6.42 Å². The summed E-state index contributed by atoms with van der Waals surface area (Å²) in [5.74, 6) is 0. The van der Waals surface area contributed by atoms with Crippen molar-refractivity contribution in [3.63, 3.8) is 0 Å². The third-order valence-corrected chi connectivity index (χ3v) is 1.01. The highest BCUT2D eigenvalue weighted by atomic mass is 16.6. The summed E-state index contributed by atoms with van der Waals surface area (Å²) in [5.41, 5.74) is 0. The van der Waals surface area contributed by atoms with Crippen molar-refractivity contribution in [3.05, 3.63) is 5.21 Å². The molecule has 0 aliphatic carbocycles. The molecule has 0 spiro atoms. The van der Waals surface area contributed by atoms with Gasteiger partial charge < -0.3 is 15.0 Å². The fourth-order valence-electron chi connectivity index (χ4n) is 0.630. The van der Waals surface area contributed by atoms with Gasteiger partial charge in [0.25, 0.3) is 0 Å². The Morgan fingerprint density at radius 1 is 1.57 bits per heavy atom. The molecule has 3 nitrogen and oxygen atoms in total. The van der Waals surface area contributed by atoms with Gasteiger partial charge in [0, 0.05) is 6.42 Å². The van der Waals surface area contributed by atoms with Crippen molar-refractivity contribution in [2.75, 3.05) is 19.9 Å². The quantitative estimate of drug-likeness (QED) is 0.389. The van der Waals surface area contributed by atoms with Crippen LogP contribution in [0.15, 0.2) is 0 Å². The molecule has 7 heavy (non-hydrogen) atoms. The van der Waals surface area contributed by atoms with Gasteiger partial charge in [-0.05, 0) is 0 Å². The van der Waals surface area contributed by atoms with E-state index in [-0.39, 0.29) is 5.06 Å². The highest BCUT2D eigenvalue weighted by Gasteiger charge is 2.02. The van der Waals surface area contributed by atoms with Gasteiger partial charge >= 0.3 is 0 Å². The topological polar surface area (TPSA) is 36.7 Å². The van der Waals surface area contributed by atoms with Crippen LogP contribution in [0.4, 0.5) is 0 Å². The van der Waals surface area contributed by atoms with Gasteiger partial charge in [-0.1, -0.05) is 0 Å². The van der Waals surface area contributed by atoms with Crippen LogP contribution in [0.3, 0.4) is 0 Å². The number of rotatable bonds is 0. The van der Waals surface area contributed by atoms with Crippen molar-refractivity contribution in [3.8, 4) is 0 Å². The van der Waals surface area contributed by atoms with Gasteiger partial charge in [0.1, 0.15) is 0 Å². The molecule has 0 amide bonds.